The van der Waals surface area contributed by atoms with Gasteiger partial charge in [-0.25, -0.2) is 0 Å². The van der Waals surface area contributed by atoms with E-state index in [1.54, 1.807) is 0 Å². The van der Waals surface area contributed by atoms with Gasteiger partial charge in [0.05, 0.1) is 38.8 Å². The number of anilines is 6. The average Bonchev–Trinajstić information content (AvgIpc) is 0.934. The van der Waals surface area contributed by atoms with Gasteiger partial charge in [-0.2, -0.15) is 0 Å². The normalized spacial score (nSPS) is 13.5. The van der Waals surface area contributed by atoms with Crippen molar-refractivity contribution in [3.63, 3.8) is 0 Å². The molecule has 114 heavy (non-hydrogen) atoms. The molecule has 0 radical (unpaired) electrons. The lowest BCUT2D eigenvalue weighted by atomic mass is 9.33. The van der Waals surface area contributed by atoms with E-state index in [0.29, 0.717) is 0 Å². The fraction of sp³-hybridized carbons (Fsp3) is 0.222. The molecule has 0 atom stereocenters. The number of aromatic nitrogens is 3. The van der Waals surface area contributed by atoms with Crippen molar-refractivity contribution in [1.29, 1.82) is 0 Å². The highest BCUT2D eigenvalue weighted by atomic mass is 15.2. The smallest absolute Gasteiger partial charge is 0.252 e. The fourth-order valence-corrected chi connectivity index (χ4v) is 18.3. The number of hydrogen-bond donors (Lipinski definition) is 0. The summed E-state index contributed by atoms with van der Waals surface area (Å²) in [5.74, 6) is 0. The van der Waals surface area contributed by atoms with Crippen molar-refractivity contribution in [2.24, 2.45) is 0 Å². The van der Waals surface area contributed by atoms with Crippen molar-refractivity contribution in [2.45, 2.75) is 157 Å². The monoisotopic (exact) mass is 1480 g/mol. The second-order valence-electron chi connectivity index (χ2n) is 38.8. The van der Waals surface area contributed by atoms with Crippen molar-refractivity contribution in [3.8, 4) is 50.4 Å². The van der Waals surface area contributed by atoms with Crippen LogP contribution in [0.15, 0.2) is 291 Å². The van der Waals surface area contributed by atoms with E-state index in [-0.39, 0.29) is 39.2 Å². The lowest BCUT2D eigenvalue weighted by Gasteiger charge is -2.45. The number of benzene rings is 14. The second-order valence-corrected chi connectivity index (χ2v) is 38.8. The van der Waals surface area contributed by atoms with Crippen LogP contribution in [-0.4, -0.2) is 20.4 Å². The quantitative estimate of drug-likeness (QED) is 0.141. The molecule has 6 heteroatoms. The molecule has 2 aliphatic heterocycles. The molecule has 562 valence electrons. The molecule has 0 bridgehead atoms. The largest absolute Gasteiger partial charge is 0.311 e. The third-order valence-electron chi connectivity index (χ3n) is 24.9. The zero-order chi connectivity index (χ0) is 79.2. The van der Waals surface area contributed by atoms with Crippen LogP contribution in [0, 0.1) is 0 Å². The highest BCUT2D eigenvalue weighted by molar-refractivity contribution is 7.00. The van der Waals surface area contributed by atoms with E-state index < -0.39 is 0 Å². The van der Waals surface area contributed by atoms with Crippen LogP contribution in [0.4, 0.5) is 34.1 Å². The molecule has 2 aliphatic rings. The molecule has 0 N–H and O–H groups in total. The molecule has 19 rings (SSSR count). The molecule has 0 fully saturated rings. The molecule has 17 aromatic rings. The average molecular weight is 1480 g/mol. The first-order valence-corrected chi connectivity index (χ1v) is 41.1. The summed E-state index contributed by atoms with van der Waals surface area (Å²) >= 11 is 0. The van der Waals surface area contributed by atoms with Crippen molar-refractivity contribution >= 4 is 123 Å². The van der Waals surface area contributed by atoms with Gasteiger partial charge >= 0.3 is 0 Å². The van der Waals surface area contributed by atoms with Gasteiger partial charge < -0.3 is 23.5 Å². The minimum Gasteiger partial charge on any atom is -0.311 e. The summed E-state index contributed by atoms with van der Waals surface area (Å²) in [5.41, 5.74) is 35.0. The zero-order valence-corrected chi connectivity index (χ0v) is 69.5. The molecule has 0 saturated heterocycles. The lowest BCUT2D eigenvalue weighted by molar-refractivity contribution is 0.568. The highest BCUT2D eigenvalue weighted by Crippen LogP contribution is 2.52. The Kier molecular flexibility index (Phi) is 16.4. The van der Waals surface area contributed by atoms with E-state index >= 15 is 0 Å². The van der Waals surface area contributed by atoms with Gasteiger partial charge in [0.2, 0.25) is 0 Å². The van der Waals surface area contributed by atoms with Crippen LogP contribution >= 0.6 is 0 Å². The van der Waals surface area contributed by atoms with Crippen molar-refractivity contribution in [3.05, 3.63) is 325 Å². The number of para-hydroxylation sites is 1. The lowest BCUT2D eigenvalue weighted by Crippen LogP contribution is -2.61. The second kappa shape index (κ2) is 25.8. The standard InChI is InChI=1S/C108H102BN5/c1-103(2,3)73-41-50-96-88(61-73)89-62-74(104(4,5)6)42-51-97(89)111(96)80-44-46-91-99(64-80)114(82-59-77(107(13,14)15)56-78(60-82)108(16,17)18)101-66-83(112-94-48-39-71(68-32-24-20-25-33-68)53-86(94)87-54-72(40-49-95(87)112)69-34-26-21-27-35-69)65-100-102(101)109(91)90-45-43-79(63-98(90)113(100)81-57-75(105(7,8)9)55-76(58-81)106(10,11)12)110-92-37-29-28-36-84(92)85-52-70(38-47-93(85)110)67-30-22-19-23-31-67/h19-66H,1-18H3. The van der Waals surface area contributed by atoms with Gasteiger partial charge in [0.15, 0.2) is 0 Å². The van der Waals surface area contributed by atoms with Gasteiger partial charge in [-0.15, -0.1) is 0 Å². The minimum atomic E-state index is -0.237. The molecule has 0 spiro atoms. The van der Waals surface area contributed by atoms with Crippen LogP contribution in [0.2, 0.25) is 0 Å². The molecule has 14 aromatic carbocycles. The van der Waals surface area contributed by atoms with Crippen molar-refractivity contribution < 1.29 is 0 Å². The molecule has 5 heterocycles. The Balaban J connectivity index is 0.976. The summed E-state index contributed by atoms with van der Waals surface area (Å²) in [6.45, 7) is 42.4. The molecule has 5 nitrogen and oxygen atoms in total. The minimum absolute atomic E-state index is 0.0580. The Bertz CT molecular complexity index is 6550. The summed E-state index contributed by atoms with van der Waals surface area (Å²) in [4.78, 5) is 5.42. The highest BCUT2D eigenvalue weighted by Gasteiger charge is 2.46. The van der Waals surface area contributed by atoms with Gasteiger partial charge in [0.1, 0.15) is 0 Å². The zero-order valence-electron chi connectivity index (χ0n) is 69.5. The van der Waals surface area contributed by atoms with E-state index in [1.165, 1.54) is 132 Å². The SMILES string of the molecule is CC(C)(C)c1cc(N2c3cc(-n4c5ccccc5c5cc(-c6ccccc6)ccc54)ccc3B3c4ccc(-n5c6ccc(C(C)(C)C)cc6c6cc(C(C)(C)C)ccc65)cc4N(c4cc(C(C)(C)C)cc(C(C)(C)C)c4)c4cc(-n5c6ccc(-c7ccccc7)cc6c6cc(-c7ccccc7)ccc65)cc2c43)cc(C(C)(C)C)c1. The Morgan fingerprint density at radius 3 is 0.833 bits per heavy atom. The predicted molar refractivity (Wildman–Crippen MR) is 492 cm³/mol. The molecule has 0 saturated carbocycles. The molecule has 3 aromatic heterocycles. The van der Waals surface area contributed by atoms with E-state index in [0.717, 1.165) is 67.7 Å². The Hall–Kier alpha value is -11.9. The summed E-state index contributed by atoms with van der Waals surface area (Å²) in [5, 5.41) is 7.38. The first-order chi connectivity index (χ1) is 54.3. The summed E-state index contributed by atoms with van der Waals surface area (Å²) in [6, 6.07) is 113. The topological polar surface area (TPSA) is 21.3 Å². The number of fused-ring (bicyclic) bond motifs is 13. The molecule has 0 aliphatic carbocycles. The van der Waals surface area contributed by atoms with Crippen molar-refractivity contribution in [2.75, 3.05) is 9.80 Å². The third-order valence-corrected chi connectivity index (χ3v) is 24.9. The number of hydrogen-bond acceptors (Lipinski definition) is 2. The first-order valence-electron chi connectivity index (χ1n) is 41.1. The molecule has 0 unspecified atom stereocenters. The molecule has 0 amide bonds. The maximum Gasteiger partial charge on any atom is 0.252 e. The summed E-state index contributed by atoms with van der Waals surface area (Å²) in [6.07, 6.45) is 0. The van der Waals surface area contributed by atoms with Crippen LogP contribution in [0.25, 0.3) is 116 Å². The van der Waals surface area contributed by atoms with Crippen LogP contribution in [0.5, 0.6) is 0 Å². The van der Waals surface area contributed by atoms with Crippen molar-refractivity contribution in [1.82, 2.24) is 13.7 Å². The Labute approximate surface area is 673 Å². The Morgan fingerprint density at radius 2 is 0.482 bits per heavy atom. The fourth-order valence-electron chi connectivity index (χ4n) is 18.3. The van der Waals surface area contributed by atoms with E-state index in [2.05, 4.69) is 439 Å². The third kappa shape index (κ3) is 12.0. The summed E-state index contributed by atoms with van der Waals surface area (Å²) < 4.78 is 7.71. The van der Waals surface area contributed by atoms with E-state index in [9.17, 15) is 0 Å². The summed E-state index contributed by atoms with van der Waals surface area (Å²) in [7, 11) is 0. The predicted octanol–water partition coefficient (Wildman–Crippen LogP) is 27.8. The van der Waals surface area contributed by atoms with Gasteiger partial charge in [0, 0.05) is 77.8 Å². The molecular weight excluding hydrogens is 1380 g/mol. The van der Waals surface area contributed by atoms with Gasteiger partial charge in [-0.1, -0.05) is 288 Å². The maximum atomic E-state index is 2.71. The van der Waals surface area contributed by atoms with E-state index in [1.807, 2.05) is 0 Å². The maximum absolute atomic E-state index is 2.71. The van der Waals surface area contributed by atoms with Crippen LogP contribution < -0.4 is 26.2 Å². The van der Waals surface area contributed by atoms with Crippen LogP contribution in [0.1, 0.15) is 158 Å². The van der Waals surface area contributed by atoms with Crippen LogP contribution in [0.3, 0.4) is 0 Å². The number of rotatable bonds is 8. The Morgan fingerprint density at radius 1 is 0.193 bits per heavy atom. The van der Waals surface area contributed by atoms with Crippen LogP contribution in [-0.2, 0) is 32.5 Å². The first kappa shape index (κ1) is 72.4. The molecular formula is C108H102BN5. The van der Waals surface area contributed by atoms with Gasteiger partial charge in [0.25, 0.3) is 6.71 Å². The van der Waals surface area contributed by atoms with Gasteiger partial charge in [-0.05, 0) is 243 Å². The van der Waals surface area contributed by atoms with E-state index in [4.69, 9.17) is 0 Å². The number of nitrogens with zero attached hydrogens (tertiary/aromatic N) is 5. The van der Waals surface area contributed by atoms with Gasteiger partial charge in [-0.3, -0.25) is 0 Å².